The Balaban J connectivity index is 2.33. The first-order valence-electron chi connectivity index (χ1n) is 4.24. The minimum absolute atomic E-state index is 0.900. The first kappa shape index (κ1) is 6.82. The van der Waals surface area contributed by atoms with Gasteiger partial charge >= 0.3 is 0 Å². The average molecular weight is 175 g/mol. The van der Waals surface area contributed by atoms with Crippen molar-refractivity contribution in [3.05, 3.63) is 12.5 Å². The third-order valence-electron chi connectivity index (χ3n) is 2.26. The molecular weight excluding hydrogens is 166 g/mol. The lowest BCUT2D eigenvalue weighted by Gasteiger charge is -2.01. The molecule has 0 atom stereocenters. The minimum atomic E-state index is 0.900. The Morgan fingerprint density at radius 3 is 2.92 bits per heavy atom. The predicted octanol–water partition coefficient (Wildman–Crippen LogP) is 0.183. The second kappa shape index (κ2) is 2.18. The summed E-state index contributed by atoms with van der Waals surface area (Å²) in [5.74, 6) is 1.01. The molecule has 66 valence electrons. The fraction of sp³-hybridized carbons (Fsp3) is 0.375. The van der Waals surface area contributed by atoms with Crippen LogP contribution in [0, 0.1) is 0 Å². The Morgan fingerprint density at radius 2 is 2.15 bits per heavy atom. The zero-order chi connectivity index (χ0) is 8.84. The number of anilines is 1. The van der Waals surface area contributed by atoms with Crippen LogP contribution in [0.15, 0.2) is 12.5 Å². The van der Waals surface area contributed by atoms with Crippen molar-refractivity contribution in [2.45, 2.75) is 0 Å². The monoisotopic (exact) mass is 175 g/mol. The molecule has 13 heavy (non-hydrogen) atoms. The van der Waals surface area contributed by atoms with Crippen LogP contribution in [0.5, 0.6) is 0 Å². The fourth-order valence-electron chi connectivity index (χ4n) is 1.46. The highest BCUT2D eigenvalue weighted by Crippen LogP contribution is 2.25. The quantitative estimate of drug-likeness (QED) is 0.580. The number of hydrogen-bond donors (Lipinski definition) is 0. The van der Waals surface area contributed by atoms with Gasteiger partial charge in [0, 0.05) is 20.1 Å². The molecule has 2 aromatic heterocycles. The predicted molar refractivity (Wildman–Crippen MR) is 48.5 cm³/mol. The lowest BCUT2D eigenvalue weighted by Crippen LogP contribution is -1.97. The van der Waals surface area contributed by atoms with Gasteiger partial charge in [-0.2, -0.15) is 5.10 Å². The Hall–Kier alpha value is -1.65. The molecule has 0 saturated carbocycles. The zero-order valence-electron chi connectivity index (χ0n) is 7.30. The van der Waals surface area contributed by atoms with Crippen LogP contribution in [0.3, 0.4) is 0 Å². The summed E-state index contributed by atoms with van der Waals surface area (Å²) in [6.07, 6.45) is 3.42. The summed E-state index contributed by atoms with van der Waals surface area (Å²) in [7, 11) is 1.89. The van der Waals surface area contributed by atoms with E-state index in [1.165, 1.54) is 0 Å². The van der Waals surface area contributed by atoms with E-state index in [-0.39, 0.29) is 0 Å². The van der Waals surface area contributed by atoms with Gasteiger partial charge in [0.25, 0.3) is 0 Å². The molecular formula is C8H9N5. The van der Waals surface area contributed by atoms with Crippen molar-refractivity contribution in [3.8, 4) is 0 Å². The minimum Gasteiger partial charge on any atom is -0.352 e. The number of rotatable bonds is 1. The van der Waals surface area contributed by atoms with Gasteiger partial charge in [0.2, 0.25) is 0 Å². The summed E-state index contributed by atoms with van der Waals surface area (Å²) in [4.78, 5) is 10.6. The molecule has 0 N–H and O–H groups in total. The molecule has 0 aromatic carbocycles. The summed E-state index contributed by atoms with van der Waals surface area (Å²) < 4.78 is 1.77. The first-order chi connectivity index (χ1) is 6.36. The van der Waals surface area contributed by atoms with Gasteiger partial charge in [-0.15, -0.1) is 0 Å². The lowest BCUT2D eigenvalue weighted by atomic mass is 10.4. The van der Waals surface area contributed by atoms with E-state index in [9.17, 15) is 0 Å². The summed E-state index contributed by atoms with van der Waals surface area (Å²) in [6, 6.07) is 0. The van der Waals surface area contributed by atoms with Crippen LogP contribution in [-0.4, -0.2) is 32.8 Å². The van der Waals surface area contributed by atoms with Crippen LogP contribution in [0.1, 0.15) is 0 Å². The smallest absolute Gasteiger partial charge is 0.163 e. The first-order valence-corrected chi connectivity index (χ1v) is 4.24. The number of aromatic nitrogens is 4. The van der Waals surface area contributed by atoms with Gasteiger partial charge in [-0.05, 0) is 0 Å². The highest BCUT2D eigenvalue weighted by Gasteiger charge is 2.22. The van der Waals surface area contributed by atoms with Gasteiger partial charge < -0.3 is 4.90 Å². The van der Waals surface area contributed by atoms with Gasteiger partial charge in [-0.25, -0.2) is 9.97 Å². The largest absolute Gasteiger partial charge is 0.352 e. The Morgan fingerprint density at radius 1 is 1.31 bits per heavy atom. The lowest BCUT2D eigenvalue weighted by molar-refractivity contribution is 0.785. The molecule has 0 radical (unpaired) electrons. The maximum Gasteiger partial charge on any atom is 0.163 e. The fourth-order valence-corrected chi connectivity index (χ4v) is 1.46. The van der Waals surface area contributed by atoms with E-state index in [1.54, 1.807) is 11.0 Å². The van der Waals surface area contributed by atoms with Crippen LogP contribution >= 0.6 is 0 Å². The van der Waals surface area contributed by atoms with Crippen LogP contribution in [0.4, 0.5) is 5.82 Å². The van der Waals surface area contributed by atoms with Gasteiger partial charge in [0.05, 0.1) is 11.6 Å². The zero-order valence-corrected chi connectivity index (χ0v) is 7.30. The van der Waals surface area contributed by atoms with E-state index in [1.807, 2.05) is 13.2 Å². The maximum atomic E-state index is 4.24. The Kier molecular flexibility index (Phi) is 1.15. The van der Waals surface area contributed by atoms with Crippen molar-refractivity contribution in [2.24, 2.45) is 7.05 Å². The van der Waals surface area contributed by atoms with Gasteiger partial charge in [-0.1, -0.05) is 0 Å². The highest BCUT2D eigenvalue weighted by atomic mass is 15.3. The molecule has 1 aliphatic rings. The Bertz CT molecular complexity index is 457. The topological polar surface area (TPSA) is 46.6 Å². The van der Waals surface area contributed by atoms with Crippen molar-refractivity contribution in [1.29, 1.82) is 0 Å². The second-order valence-corrected chi connectivity index (χ2v) is 3.19. The molecule has 1 saturated heterocycles. The summed E-state index contributed by atoms with van der Waals surface area (Å²) >= 11 is 0. The molecule has 3 heterocycles. The van der Waals surface area contributed by atoms with Gasteiger partial charge in [0.1, 0.15) is 12.1 Å². The van der Waals surface area contributed by atoms with Crippen molar-refractivity contribution in [2.75, 3.05) is 18.0 Å². The number of hydrogen-bond acceptors (Lipinski definition) is 4. The normalized spacial score (nSPS) is 15.3. The van der Waals surface area contributed by atoms with Crippen LogP contribution < -0.4 is 4.90 Å². The van der Waals surface area contributed by atoms with E-state index in [0.717, 1.165) is 29.9 Å². The van der Waals surface area contributed by atoms with Crippen molar-refractivity contribution < 1.29 is 0 Å². The summed E-state index contributed by atoms with van der Waals surface area (Å²) in [6.45, 7) is 2.20. The molecule has 5 heteroatoms. The van der Waals surface area contributed by atoms with E-state index in [4.69, 9.17) is 0 Å². The third kappa shape index (κ3) is 0.898. The highest BCUT2D eigenvalue weighted by molar-refractivity contribution is 5.87. The van der Waals surface area contributed by atoms with Crippen molar-refractivity contribution in [1.82, 2.24) is 19.7 Å². The van der Waals surface area contributed by atoms with Crippen LogP contribution in [0.2, 0.25) is 0 Å². The molecule has 1 aliphatic heterocycles. The van der Waals surface area contributed by atoms with E-state index >= 15 is 0 Å². The molecule has 1 fully saturated rings. The van der Waals surface area contributed by atoms with E-state index in [2.05, 4.69) is 20.0 Å². The maximum absolute atomic E-state index is 4.24. The number of fused-ring (bicyclic) bond motifs is 1. The van der Waals surface area contributed by atoms with Crippen molar-refractivity contribution >= 4 is 16.9 Å². The second-order valence-electron chi connectivity index (χ2n) is 3.19. The molecule has 0 bridgehead atoms. The number of nitrogens with zero attached hydrogens (tertiary/aromatic N) is 5. The Labute approximate surface area is 75.0 Å². The van der Waals surface area contributed by atoms with Gasteiger partial charge in [0.15, 0.2) is 5.65 Å². The summed E-state index contributed by atoms with van der Waals surface area (Å²) in [5.41, 5.74) is 0.900. The van der Waals surface area contributed by atoms with Crippen LogP contribution in [0.25, 0.3) is 11.0 Å². The third-order valence-corrected chi connectivity index (χ3v) is 2.26. The molecule has 3 rings (SSSR count). The molecule has 2 aromatic rings. The number of aryl methyl sites for hydroxylation is 1. The average Bonchev–Trinajstić information content (AvgIpc) is 2.92. The molecule has 0 unspecified atom stereocenters. The molecule has 0 aliphatic carbocycles. The van der Waals surface area contributed by atoms with Gasteiger partial charge in [-0.3, -0.25) is 4.68 Å². The molecule has 0 amide bonds. The molecule has 0 spiro atoms. The SMILES string of the molecule is Cn1ncc2c(N3CC3)ncnc21. The van der Waals surface area contributed by atoms with E-state index < -0.39 is 0 Å². The van der Waals surface area contributed by atoms with E-state index in [0.29, 0.717) is 0 Å². The summed E-state index contributed by atoms with van der Waals surface area (Å²) in [5, 5.41) is 5.20. The van der Waals surface area contributed by atoms with Crippen molar-refractivity contribution in [3.63, 3.8) is 0 Å². The standard InChI is InChI=1S/C8H9N5/c1-12-7-6(4-11-12)8(10-5-9-7)13-2-3-13/h4-5H,2-3H2,1H3. The molecule has 5 nitrogen and oxygen atoms in total. The van der Waals surface area contributed by atoms with Crippen LogP contribution in [-0.2, 0) is 7.05 Å².